The molecule has 150 valence electrons. The molecule has 1 aliphatic heterocycles. The number of carboxylic acid groups (broad SMARTS) is 1. The van der Waals surface area contributed by atoms with Crippen LogP contribution in [-0.4, -0.2) is 71.3 Å². The molecule has 7 nitrogen and oxygen atoms in total. The number of esters is 1. The SMILES string of the molecule is CCOC(=O)CC(C)(C)NCC1CN(C(=O)O)CCN1Cc1ccccc1. The van der Waals surface area contributed by atoms with Crippen LogP contribution in [0.25, 0.3) is 0 Å². The fourth-order valence-corrected chi connectivity index (χ4v) is 3.32. The van der Waals surface area contributed by atoms with Gasteiger partial charge in [0.15, 0.2) is 0 Å². The average Bonchev–Trinajstić information content (AvgIpc) is 2.61. The van der Waals surface area contributed by atoms with Gasteiger partial charge in [-0.2, -0.15) is 0 Å². The van der Waals surface area contributed by atoms with Crippen LogP contribution in [0.4, 0.5) is 4.79 Å². The highest BCUT2D eigenvalue weighted by atomic mass is 16.5. The summed E-state index contributed by atoms with van der Waals surface area (Å²) in [5.41, 5.74) is 0.785. The van der Waals surface area contributed by atoms with Crippen LogP contribution in [0.15, 0.2) is 30.3 Å². The van der Waals surface area contributed by atoms with Crippen molar-refractivity contribution in [2.24, 2.45) is 0 Å². The molecule has 0 bridgehead atoms. The highest BCUT2D eigenvalue weighted by molar-refractivity contribution is 5.70. The van der Waals surface area contributed by atoms with E-state index < -0.39 is 11.6 Å². The molecule has 1 heterocycles. The molecule has 1 aromatic carbocycles. The number of nitrogens with one attached hydrogen (secondary N) is 1. The highest BCUT2D eigenvalue weighted by Gasteiger charge is 2.31. The van der Waals surface area contributed by atoms with Gasteiger partial charge in [0.25, 0.3) is 0 Å². The second-order valence-corrected chi connectivity index (χ2v) is 7.59. The van der Waals surface area contributed by atoms with Crippen molar-refractivity contribution in [1.82, 2.24) is 15.1 Å². The minimum Gasteiger partial charge on any atom is -0.466 e. The number of amides is 1. The van der Waals surface area contributed by atoms with Gasteiger partial charge in [0.05, 0.1) is 13.0 Å². The van der Waals surface area contributed by atoms with Crippen LogP contribution in [0.1, 0.15) is 32.8 Å². The van der Waals surface area contributed by atoms with Gasteiger partial charge in [0.2, 0.25) is 0 Å². The number of rotatable bonds is 8. The van der Waals surface area contributed by atoms with Gasteiger partial charge in [-0.15, -0.1) is 0 Å². The van der Waals surface area contributed by atoms with Crippen molar-refractivity contribution < 1.29 is 19.4 Å². The van der Waals surface area contributed by atoms with E-state index in [2.05, 4.69) is 22.3 Å². The maximum atomic E-state index is 11.8. The molecule has 1 aromatic rings. The predicted octanol–water partition coefficient (Wildman–Crippen LogP) is 2.17. The summed E-state index contributed by atoms with van der Waals surface area (Å²) >= 11 is 0. The second kappa shape index (κ2) is 9.71. The number of ether oxygens (including phenoxy) is 1. The fraction of sp³-hybridized carbons (Fsp3) is 0.600. The molecule has 2 N–H and O–H groups in total. The zero-order chi connectivity index (χ0) is 19.9. The van der Waals surface area contributed by atoms with Crippen molar-refractivity contribution in [3.63, 3.8) is 0 Å². The van der Waals surface area contributed by atoms with Gasteiger partial charge in [-0.25, -0.2) is 4.79 Å². The normalized spacial score (nSPS) is 18.3. The van der Waals surface area contributed by atoms with E-state index in [1.54, 1.807) is 6.92 Å². The molecule has 27 heavy (non-hydrogen) atoms. The molecule has 1 amide bonds. The number of piperazine rings is 1. The summed E-state index contributed by atoms with van der Waals surface area (Å²) in [5.74, 6) is -0.230. The number of carbonyl (C=O) groups excluding carboxylic acids is 1. The topological polar surface area (TPSA) is 82.1 Å². The van der Waals surface area contributed by atoms with E-state index >= 15 is 0 Å². The van der Waals surface area contributed by atoms with Crippen LogP contribution in [0.3, 0.4) is 0 Å². The van der Waals surface area contributed by atoms with Gasteiger partial charge in [-0.05, 0) is 26.3 Å². The largest absolute Gasteiger partial charge is 0.466 e. The summed E-state index contributed by atoms with van der Waals surface area (Å²) in [7, 11) is 0. The first-order valence-corrected chi connectivity index (χ1v) is 9.47. The van der Waals surface area contributed by atoms with Gasteiger partial charge in [0.1, 0.15) is 0 Å². The summed E-state index contributed by atoms with van der Waals surface area (Å²) in [6.07, 6.45) is -0.611. The maximum Gasteiger partial charge on any atom is 0.407 e. The summed E-state index contributed by atoms with van der Waals surface area (Å²) < 4.78 is 5.04. The zero-order valence-corrected chi connectivity index (χ0v) is 16.5. The third kappa shape index (κ3) is 6.84. The van der Waals surface area contributed by atoms with Crippen LogP contribution in [0.2, 0.25) is 0 Å². The first kappa shape index (κ1) is 21.2. The standard InChI is InChI=1S/C20H31N3O4/c1-4-27-18(24)12-20(2,3)21-13-17-15-23(19(25)26)11-10-22(17)14-16-8-6-5-7-9-16/h5-9,17,21H,4,10-15H2,1-3H3,(H,25,26). The zero-order valence-electron chi connectivity index (χ0n) is 16.5. The van der Waals surface area contributed by atoms with Crippen LogP contribution in [0, 0.1) is 0 Å². The summed E-state index contributed by atoms with van der Waals surface area (Å²) in [6.45, 7) is 9.11. The third-order valence-corrected chi connectivity index (χ3v) is 4.81. The molecule has 1 atom stereocenters. The van der Waals surface area contributed by atoms with Crippen molar-refractivity contribution in [2.75, 3.05) is 32.8 Å². The van der Waals surface area contributed by atoms with Crippen molar-refractivity contribution in [3.8, 4) is 0 Å². The molecule has 1 fully saturated rings. The molecule has 0 spiro atoms. The van der Waals surface area contributed by atoms with Gasteiger partial charge >= 0.3 is 12.1 Å². The number of benzene rings is 1. The molecule has 0 aliphatic carbocycles. The van der Waals surface area contributed by atoms with Crippen LogP contribution >= 0.6 is 0 Å². The Morgan fingerprint density at radius 2 is 1.96 bits per heavy atom. The van der Waals surface area contributed by atoms with Crippen LogP contribution in [-0.2, 0) is 16.1 Å². The summed E-state index contributed by atoms with van der Waals surface area (Å²) in [5, 5.41) is 12.8. The minimum absolute atomic E-state index is 0.0385. The average molecular weight is 377 g/mol. The van der Waals surface area contributed by atoms with E-state index in [0.29, 0.717) is 32.8 Å². The van der Waals surface area contributed by atoms with Gasteiger partial charge in [0, 0.05) is 44.3 Å². The summed E-state index contributed by atoms with van der Waals surface area (Å²) in [4.78, 5) is 27.0. The van der Waals surface area contributed by atoms with Crippen LogP contribution in [0.5, 0.6) is 0 Å². The number of hydrogen-bond donors (Lipinski definition) is 2. The van der Waals surface area contributed by atoms with E-state index in [1.807, 2.05) is 32.0 Å². The van der Waals surface area contributed by atoms with Crippen LogP contribution < -0.4 is 5.32 Å². The molecule has 0 saturated carbocycles. The Kier molecular flexibility index (Phi) is 7.62. The van der Waals surface area contributed by atoms with E-state index in [4.69, 9.17) is 4.74 Å². The Morgan fingerprint density at radius 3 is 2.59 bits per heavy atom. The Bertz CT molecular complexity index is 621. The van der Waals surface area contributed by atoms with Gasteiger partial charge in [-0.3, -0.25) is 9.69 Å². The number of nitrogens with zero attached hydrogens (tertiary/aromatic N) is 2. The molecule has 1 saturated heterocycles. The Morgan fingerprint density at radius 1 is 1.26 bits per heavy atom. The monoisotopic (exact) mass is 377 g/mol. The minimum atomic E-state index is -0.884. The van der Waals surface area contributed by atoms with Crippen molar-refractivity contribution in [2.45, 2.75) is 45.3 Å². The van der Waals surface area contributed by atoms with E-state index in [1.165, 1.54) is 10.5 Å². The van der Waals surface area contributed by atoms with Gasteiger partial charge < -0.3 is 20.1 Å². The molecule has 7 heteroatoms. The van der Waals surface area contributed by atoms with E-state index in [0.717, 1.165) is 6.54 Å². The fourth-order valence-electron chi connectivity index (χ4n) is 3.32. The third-order valence-electron chi connectivity index (χ3n) is 4.81. The molecule has 1 aliphatic rings. The lowest BCUT2D eigenvalue weighted by Gasteiger charge is -2.41. The smallest absolute Gasteiger partial charge is 0.407 e. The summed E-state index contributed by atoms with van der Waals surface area (Å²) in [6, 6.07) is 10.2. The molecule has 0 aromatic heterocycles. The second-order valence-electron chi connectivity index (χ2n) is 7.59. The lowest BCUT2D eigenvalue weighted by atomic mass is 9.99. The van der Waals surface area contributed by atoms with Crippen molar-refractivity contribution in [1.29, 1.82) is 0 Å². The molecule has 0 radical (unpaired) electrons. The highest BCUT2D eigenvalue weighted by Crippen LogP contribution is 2.16. The lowest BCUT2D eigenvalue weighted by Crippen LogP contribution is -2.59. The van der Waals surface area contributed by atoms with E-state index in [9.17, 15) is 14.7 Å². The molecular weight excluding hydrogens is 346 g/mol. The first-order valence-electron chi connectivity index (χ1n) is 9.47. The molecular formula is C20H31N3O4. The molecule has 1 unspecified atom stereocenters. The Labute approximate surface area is 161 Å². The number of carbonyl (C=O) groups is 2. The maximum absolute atomic E-state index is 11.8. The Hall–Kier alpha value is -2.12. The lowest BCUT2D eigenvalue weighted by molar-refractivity contribution is -0.144. The molecule has 2 rings (SSSR count). The Balaban J connectivity index is 2.00. The number of hydrogen-bond acceptors (Lipinski definition) is 5. The predicted molar refractivity (Wildman–Crippen MR) is 104 cm³/mol. The van der Waals surface area contributed by atoms with E-state index in [-0.39, 0.29) is 18.4 Å². The van der Waals surface area contributed by atoms with Crippen molar-refractivity contribution in [3.05, 3.63) is 35.9 Å². The van der Waals surface area contributed by atoms with Crippen molar-refractivity contribution >= 4 is 12.1 Å². The first-order chi connectivity index (χ1) is 12.8. The quantitative estimate of drug-likeness (QED) is 0.676. The van der Waals surface area contributed by atoms with Gasteiger partial charge in [-0.1, -0.05) is 30.3 Å².